The number of aryl methyl sites for hydroxylation is 1. The molecule has 1 fully saturated rings. The Morgan fingerprint density at radius 2 is 1.90 bits per heavy atom. The molecule has 1 aliphatic rings. The molecule has 1 aromatic carbocycles. The molecule has 0 radical (unpaired) electrons. The molecule has 1 saturated heterocycles. The van der Waals surface area contributed by atoms with E-state index in [0.29, 0.717) is 6.04 Å². The minimum atomic E-state index is 0.610. The highest BCUT2D eigenvalue weighted by molar-refractivity contribution is 5.14. The Bertz CT molecular complexity index is 355. The van der Waals surface area contributed by atoms with E-state index in [1.165, 1.54) is 50.9 Å². The van der Waals surface area contributed by atoms with Crippen molar-refractivity contribution < 1.29 is 0 Å². The van der Waals surface area contributed by atoms with E-state index in [0.717, 1.165) is 12.5 Å². The Morgan fingerprint density at radius 1 is 1.20 bits per heavy atom. The van der Waals surface area contributed by atoms with Gasteiger partial charge in [0.1, 0.15) is 0 Å². The van der Waals surface area contributed by atoms with Gasteiger partial charge in [0.25, 0.3) is 0 Å². The van der Waals surface area contributed by atoms with Crippen LogP contribution < -0.4 is 5.32 Å². The van der Waals surface area contributed by atoms with Gasteiger partial charge < -0.3 is 10.2 Å². The van der Waals surface area contributed by atoms with Crippen LogP contribution in [0.4, 0.5) is 0 Å². The Hall–Kier alpha value is -0.860. The number of rotatable bonds is 7. The quantitative estimate of drug-likeness (QED) is 0.820. The average molecular weight is 274 g/mol. The van der Waals surface area contributed by atoms with E-state index in [2.05, 4.69) is 54.4 Å². The van der Waals surface area contributed by atoms with Crippen LogP contribution in [0.1, 0.15) is 38.7 Å². The van der Waals surface area contributed by atoms with E-state index in [4.69, 9.17) is 0 Å². The summed E-state index contributed by atoms with van der Waals surface area (Å²) in [6, 6.07) is 11.4. The highest BCUT2D eigenvalue weighted by Crippen LogP contribution is 2.15. The van der Waals surface area contributed by atoms with Gasteiger partial charge in [-0.3, -0.25) is 0 Å². The van der Waals surface area contributed by atoms with Crippen LogP contribution in [0.2, 0.25) is 0 Å². The van der Waals surface area contributed by atoms with Gasteiger partial charge in [0, 0.05) is 19.1 Å². The lowest BCUT2D eigenvalue weighted by Crippen LogP contribution is -2.39. The van der Waals surface area contributed by atoms with Gasteiger partial charge in [-0.1, -0.05) is 37.3 Å². The van der Waals surface area contributed by atoms with E-state index in [-0.39, 0.29) is 0 Å². The first-order chi connectivity index (χ1) is 9.74. The number of piperidine rings is 1. The predicted molar refractivity (Wildman–Crippen MR) is 87.1 cm³/mol. The van der Waals surface area contributed by atoms with E-state index < -0.39 is 0 Å². The van der Waals surface area contributed by atoms with Crippen LogP contribution >= 0.6 is 0 Å². The maximum Gasteiger partial charge on any atom is 0.0107 e. The normalized spacial score (nSPS) is 19.1. The smallest absolute Gasteiger partial charge is 0.0107 e. The Balaban J connectivity index is 1.55. The monoisotopic (exact) mass is 274 g/mol. The highest BCUT2D eigenvalue weighted by Gasteiger charge is 2.14. The first-order valence-corrected chi connectivity index (χ1v) is 8.23. The zero-order valence-electron chi connectivity index (χ0n) is 13.1. The fourth-order valence-electron chi connectivity index (χ4n) is 2.88. The minimum absolute atomic E-state index is 0.610. The van der Waals surface area contributed by atoms with Crippen molar-refractivity contribution in [3.8, 4) is 0 Å². The molecule has 0 aromatic heterocycles. The molecule has 1 atom stereocenters. The fraction of sp³-hybridized carbons (Fsp3) is 0.667. The van der Waals surface area contributed by atoms with Gasteiger partial charge in [-0.2, -0.15) is 0 Å². The number of hydrogen-bond donors (Lipinski definition) is 1. The number of benzene rings is 1. The molecule has 1 aromatic rings. The number of nitrogens with one attached hydrogen (secondary N) is 1. The Kier molecular flexibility index (Phi) is 6.55. The second-order valence-electron chi connectivity index (χ2n) is 6.40. The van der Waals surface area contributed by atoms with Gasteiger partial charge in [-0.05, 0) is 57.2 Å². The van der Waals surface area contributed by atoms with Crippen LogP contribution in [0.25, 0.3) is 0 Å². The van der Waals surface area contributed by atoms with Crippen molar-refractivity contribution in [1.29, 1.82) is 0 Å². The standard InChI is InChI=1S/C18H30N2/c1-16-10-13-20(14-11-16)15-12-19-17(2)8-9-18-6-4-3-5-7-18/h3-7,16-17,19H,8-15H2,1-2H3. The summed E-state index contributed by atoms with van der Waals surface area (Å²) in [7, 11) is 0. The highest BCUT2D eigenvalue weighted by atomic mass is 15.1. The lowest BCUT2D eigenvalue weighted by atomic mass is 9.99. The maximum atomic E-state index is 3.67. The van der Waals surface area contributed by atoms with Crippen molar-refractivity contribution in [2.45, 2.75) is 45.6 Å². The molecule has 1 heterocycles. The van der Waals surface area contributed by atoms with Gasteiger partial charge in [-0.25, -0.2) is 0 Å². The van der Waals surface area contributed by atoms with Crippen molar-refractivity contribution in [3.63, 3.8) is 0 Å². The second kappa shape index (κ2) is 8.43. The zero-order chi connectivity index (χ0) is 14.2. The Labute approximate surface area is 124 Å². The molecule has 1 unspecified atom stereocenters. The molecule has 0 bridgehead atoms. The van der Waals surface area contributed by atoms with Gasteiger partial charge in [-0.15, -0.1) is 0 Å². The van der Waals surface area contributed by atoms with Crippen LogP contribution in [-0.4, -0.2) is 37.1 Å². The van der Waals surface area contributed by atoms with E-state index in [9.17, 15) is 0 Å². The Morgan fingerprint density at radius 3 is 2.60 bits per heavy atom. The SMILES string of the molecule is CC1CCN(CCNC(C)CCc2ccccc2)CC1. The molecule has 112 valence electrons. The molecule has 2 rings (SSSR count). The minimum Gasteiger partial charge on any atom is -0.313 e. The largest absolute Gasteiger partial charge is 0.313 e. The molecule has 1 aliphatic heterocycles. The summed E-state index contributed by atoms with van der Waals surface area (Å²) < 4.78 is 0. The van der Waals surface area contributed by atoms with Crippen LogP contribution in [0.3, 0.4) is 0 Å². The predicted octanol–water partition coefficient (Wildman–Crippen LogP) is 3.33. The van der Waals surface area contributed by atoms with Crippen LogP contribution in [0.15, 0.2) is 30.3 Å². The van der Waals surface area contributed by atoms with Gasteiger partial charge >= 0.3 is 0 Å². The van der Waals surface area contributed by atoms with Crippen LogP contribution in [0.5, 0.6) is 0 Å². The molecule has 1 N–H and O–H groups in total. The first-order valence-electron chi connectivity index (χ1n) is 8.23. The lowest BCUT2D eigenvalue weighted by Gasteiger charge is -2.30. The maximum absolute atomic E-state index is 3.67. The summed E-state index contributed by atoms with van der Waals surface area (Å²) in [4.78, 5) is 2.61. The number of likely N-dealkylation sites (tertiary alicyclic amines) is 1. The summed E-state index contributed by atoms with van der Waals surface area (Å²) in [5, 5.41) is 3.67. The van der Waals surface area contributed by atoms with Gasteiger partial charge in [0.05, 0.1) is 0 Å². The molecule has 0 saturated carbocycles. The van der Waals surface area contributed by atoms with Crippen molar-refractivity contribution in [2.24, 2.45) is 5.92 Å². The van der Waals surface area contributed by atoms with E-state index >= 15 is 0 Å². The fourth-order valence-corrected chi connectivity index (χ4v) is 2.88. The third-order valence-electron chi connectivity index (χ3n) is 4.51. The topological polar surface area (TPSA) is 15.3 Å². The first kappa shape index (κ1) is 15.5. The molecule has 2 nitrogen and oxygen atoms in total. The van der Waals surface area contributed by atoms with E-state index in [1.54, 1.807) is 0 Å². The third-order valence-corrected chi connectivity index (χ3v) is 4.51. The molecule has 0 aliphatic carbocycles. The van der Waals surface area contributed by atoms with Crippen molar-refractivity contribution >= 4 is 0 Å². The van der Waals surface area contributed by atoms with Crippen molar-refractivity contribution in [2.75, 3.05) is 26.2 Å². The van der Waals surface area contributed by atoms with Crippen LogP contribution in [0, 0.1) is 5.92 Å². The summed E-state index contributed by atoms with van der Waals surface area (Å²) in [5.74, 6) is 0.934. The van der Waals surface area contributed by atoms with Crippen molar-refractivity contribution in [3.05, 3.63) is 35.9 Å². The van der Waals surface area contributed by atoms with E-state index in [1.807, 2.05) is 0 Å². The van der Waals surface area contributed by atoms with Crippen molar-refractivity contribution in [1.82, 2.24) is 10.2 Å². The molecular weight excluding hydrogens is 244 g/mol. The third kappa shape index (κ3) is 5.64. The number of hydrogen-bond acceptors (Lipinski definition) is 2. The second-order valence-corrected chi connectivity index (χ2v) is 6.40. The van der Waals surface area contributed by atoms with Gasteiger partial charge in [0.15, 0.2) is 0 Å². The van der Waals surface area contributed by atoms with Crippen LogP contribution in [-0.2, 0) is 6.42 Å². The molecular formula is C18H30N2. The summed E-state index contributed by atoms with van der Waals surface area (Å²) in [6.45, 7) is 9.61. The van der Waals surface area contributed by atoms with Gasteiger partial charge in [0.2, 0.25) is 0 Å². The summed E-state index contributed by atoms with van der Waals surface area (Å²) in [6.07, 6.45) is 5.16. The zero-order valence-corrected chi connectivity index (χ0v) is 13.1. The lowest BCUT2D eigenvalue weighted by molar-refractivity contribution is 0.191. The number of nitrogens with zero attached hydrogens (tertiary/aromatic N) is 1. The summed E-state index contributed by atoms with van der Waals surface area (Å²) in [5.41, 5.74) is 1.45. The molecule has 20 heavy (non-hydrogen) atoms. The molecule has 2 heteroatoms. The molecule has 0 spiro atoms. The average Bonchev–Trinajstić information content (AvgIpc) is 2.48. The molecule has 0 amide bonds. The summed E-state index contributed by atoms with van der Waals surface area (Å²) >= 11 is 0.